The lowest BCUT2D eigenvalue weighted by Crippen LogP contribution is -2.30. The monoisotopic (exact) mass is 498 g/mol. The minimum Gasteiger partial charge on any atom is -0.497 e. The topological polar surface area (TPSA) is 112 Å². The first kappa shape index (κ1) is 24.2. The van der Waals surface area contributed by atoms with Crippen LogP contribution in [0.4, 0.5) is 11.4 Å². The first-order valence-corrected chi connectivity index (χ1v) is 12.5. The predicted molar refractivity (Wildman–Crippen MR) is 131 cm³/mol. The van der Waals surface area contributed by atoms with Gasteiger partial charge in [-0.2, -0.15) is 0 Å². The molecule has 0 saturated carbocycles. The van der Waals surface area contributed by atoms with Crippen molar-refractivity contribution < 1.29 is 32.2 Å². The van der Waals surface area contributed by atoms with Gasteiger partial charge in [-0.3, -0.25) is 9.52 Å². The van der Waals surface area contributed by atoms with Crippen LogP contribution in [0.25, 0.3) is 0 Å². The highest BCUT2D eigenvalue weighted by Crippen LogP contribution is 2.32. The van der Waals surface area contributed by atoms with Crippen molar-refractivity contribution in [3.8, 4) is 23.0 Å². The van der Waals surface area contributed by atoms with Gasteiger partial charge in [0.25, 0.3) is 15.9 Å². The molecule has 1 aliphatic heterocycles. The number of nitrogens with one attached hydrogen (secondary N) is 2. The zero-order chi connectivity index (χ0) is 24.8. The molecular weight excluding hydrogens is 472 g/mol. The Bertz CT molecular complexity index is 1280. The van der Waals surface area contributed by atoms with E-state index in [1.165, 1.54) is 12.1 Å². The van der Waals surface area contributed by atoms with Crippen molar-refractivity contribution in [1.29, 1.82) is 0 Å². The van der Waals surface area contributed by atoms with Crippen LogP contribution in [0.2, 0.25) is 0 Å². The highest BCUT2D eigenvalue weighted by Gasteiger charge is 2.19. The van der Waals surface area contributed by atoms with E-state index >= 15 is 0 Å². The smallest absolute Gasteiger partial charge is 0.265 e. The van der Waals surface area contributed by atoms with E-state index in [1.807, 2.05) is 0 Å². The second kappa shape index (κ2) is 10.6. The molecule has 0 aliphatic carbocycles. The molecule has 0 bridgehead atoms. The Kier molecular flexibility index (Phi) is 7.31. The molecule has 184 valence electrons. The molecule has 3 aromatic carbocycles. The molecule has 0 unspecified atom stereocenters. The van der Waals surface area contributed by atoms with Crippen molar-refractivity contribution in [3.63, 3.8) is 0 Å². The lowest BCUT2D eigenvalue weighted by atomic mass is 10.2. The van der Waals surface area contributed by atoms with E-state index in [0.717, 1.165) is 6.42 Å². The van der Waals surface area contributed by atoms with Gasteiger partial charge in [-0.1, -0.05) is 0 Å². The van der Waals surface area contributed by atoms with Crippen molar-refractivity contribution in [2.24, 2.45) is 0 Å². The average molecular weight is 499 g/mol. The van der Waals surface area contributed by atoms with E-state index in [1.54, 1.807) is 68.6 Å². The maximum absolute atomic E-state index is 12.8. The Hall–Kier alpha value is -3.92. The van der Waals surface area contributed by atoms with Gasteiger partial charge >= 0.3 is 0 Å². The highest BCUT2D eigenvalue weighted by atomic mass is 32.2. The Balaban J connectivity index is 1.36. The second-order valence-corrected chi connectivity index (χ2v) is 9.45. The molecule has 0 saturated heterocycles. The van der Waals surface area contributed by atoms with Crippen LogP contribution in [-0.4, -0.2) is 40.8 Å². The number of hydrogen-bond acceptors (Lipinski definition) is 7. The molecule has 1 heterocycles. The Labute approximate surface area is 204 Å². The number of carbonyl (C=O) groups excluding carboxylic acids is 1. The van der Waals surface area contributed by atoms with Crippen LogP contribution in [0.3, 0.4) is 0 Å². The third-order valence-corrected chi connectivity index (χ3v) is 6.55. The number of sulfonamides is 1. The zero-order valence-electron chi connectivity index (χ0n) is 19.3. The predicted octanol–water partition coefficient (Wildman–Crippen LogP) is 4.06. The maximum Gasteiger partial charge on any atom is 0.265 e. The normalized spacial score (nSPS) is 13.8. The number of fused-ring (bicyclic) bond motifs is 1. The van der Waals surface area contributed by atoms with Gasteiger partial charge in [0.05, 0.1) is 25.2 Å². The fraction of sp³-hybridized carbons (Fsp3) is 0.240. The SMILES string of the molecule is COc1ccc(O[C@H](C)C(=O)Nc2ccc(NS(=O)(=O)c3ccc4c(c3)OCCCO4)cc2)cc1. The summed E-state index contributed by atoms with van der Waals surface area (Å²) in [6.45, 7) is 2.62. The minimum absolute atomic E-state index is 0.0589. The molecule has 1 aliphatic rings. The number of hydrogen-bond donors (Lipinski definition) is 2. The summed E-state index contributed by atoms with van der Waals surface area (Å²) in [5, 5.41) is 2.75. The van der Waals surface area contributed by atoms with Gasteiger partial charge in [-0.25, -0.2) is 8.42 Å². The summed E-state index contributed by atoms with van der Waals surface area (Å²) < 4.78 is 50.1. The van der Waals surface area contributed by atoms with E-state index in [9.17, 15) is 13.2 Å². The molecule has 4 rings (SSSR count). The Morgan fingerprint density at radius 3 is 2.20 bits per heavy atom. The maximum atomic E-state index is 12.8. The van der Waals surface area contributed by atoms with Crippen molar-refractivity contribution in [3.05, 3.63) is 66.7 Å². The molecule has 10 heteroatoms. The molecule has 35 heavy (non-hydrogen) atoms. The summed E-state index contributed by atoms with van der Waals surface area (Å²) in [4.78, 5) is 12.5. The van der Waals surface area contributed by atoms with Crippen LogP contribution >= 0.6 is 0 Å². The summed E-state index contributed by atoms with van der Waals surface area (Å²) >= 11 is 0. The first-order chi connectivity index (χ1) is 16.8. The molecular formula is C25H26N2O7S. The summed E-state index contributed by atoms with van der Waals surface area (Å²) in [6.07, 6.45) is -0.0226. The van der Waals surface area contributed by atoms with E-state index in [-0.39, 0.29) is 10.8 Å². The largest absolute Gasteiger partial charge is 0.497 e. The highest BCUT2D eigenvalue weighted by molar-refractivity contribution is 7.92. The second-order valence-electron chi connectivity index (χ2n) is 7.77. The molecule has 9 nitrogen and oxygen atoms in total. The van der Waals surface area contributed by atoms with Crippen LogP contribution in [0.5, 0.6) is 23.0 Å². The summed E-state index contributed by atoms with van der Waals surface area (Å²) in [5.74, 6) is 1.80. The lowest BCUT2D eigenvalue weighted by Gasteiger charge is -2.15. The van der Waals surface area contributed by atoms with E-state index in [2.05, 4.69) is 10.0 Å². The molecule has 1 atom stereocenters. The Morgan fingerprint density at radius 1 is 0.886 bits per heavy atom. The fourth-order valence-corrected chi connectivity index (χ4v) is 4.38. The average Bonchev–Trinajstić information content (AvgIpc) is 3.10. The molecule has 0 fully saturated rings. The third-order valence-electron chi connectivity index (χ3n) is 5.18. The molecule has 2 N–H and O–H groups in total. The van der Waals surface area contributed by atoms with E-state index in [4.69, 9.17) is 18.9 Å². The van der Waals surface area contributed by atoms with Crippen molar-refractivity contribution >= 4 is 27.3 Å². The fourth-order valence-electron chi connectivity index (χ4n) is 3.30. The Morgan fingerprint density at radius 2 is 1.51 bits per heavy atom. The number of rotatable bonds is 8. The standard InChI is InChI=1S/C25H26N2O7S/c1-17(34-21-10-8-20(31-2)9-11-21)25(28)26-18-4-6-19(7-5-18)27-35(29,30)22-12-13-23-24(16-22)33-15-3-14-32-23/h4-13,16-17,27H,3,14-15H2,1-2H3,(H,26,28)/t17-/m1/s1. The van der Waals surface area contributed by atoms with Gasteiger partial charge in [0.15, 0.2) is 17.6 Å². The van der Waals surface area contributed by atoms with Crippen molar-refractivity contribution in [2.45, 2.75) is 24.3 Å². The third kappa shape index (κ3) is 6.15. The van der Waals surface area contributed by atoms with E-state index < -0.39 is 16.1 Å². The minimum atomic E-state index is -3.85. The van der Waals surface area contributed by atoms with Gasteiger partial charge < -0.3 is 24.3 Å². The quantitative estimate of drug-likeness (QED) is 0.482. The number of benzene rings is 3. The van der Waals surface area contributed by atoms with Gasteiger partial charge in [0.1, 0.15) is 11.5 Å². The van der Waals surface area contributed by atoms with E-state index in [0.29, 0.717) is 47.6 Å². The molecule has 3 aromatic rings. The van der Waals surface area contributed by atoms with Crippen molar-refractivity contribution in [1.82, 2.24) is 0 Å². The number of ether oxygens (including phenoxy) is 4. The number of anilines is 2. The van der Waals surface area contributed by atoms with Gasteiger partial charge in [0.2, 0.25) is 0 Å². The lowest BCUT2D eigenvalue weighted by molar-refractivity contribution is -0.122. The summed E-state index contributed by atoms with van der Waals surface area (Å²) in [7, 11) is -2.28. The van der Waals surface area contributed by atoms with Crippen LogP contribution in [0.1, 0.15) is 13.3 Å². The molecule has 0 radical (unpaired) electrons. The van der Waals surface area contributed by atoms with Crippen LogP contribution in [0.15, 0.2) is 71.6 Å². The molecule has 1 amide bonds. The number of carbonyl (C=O) groups is 1. The van der Waals surface area contributed by atoms with Gasteiger partial charge in [-0.15, -0.1) is 0 Å². The van der Waals surface area contributed by atoms with Gasteiger partial charge in [0, 0.05) is 23.9 Å². The first-order valence-electron chi connectivity index (χ1n) is 11.0. The van der Waals surface area contributed by atoms with Crippen molar-refractivity contribution in [2.75, 3.05) is 30.4 Å². The van der Waals surface area contributed by atoms with Crippen LogP contribution in [-0.2, 0) is 14.8 Å². The molecule has 0 spiro atoms. The number of methoxy groups -OCH3 is 1. The van der Waals surface area contributed by atoms with Crippen LogP contribution in [0, 0.1) is 0 Å². The number of amides is 1. The van der Waals surface area contributed by atoms with Crippen LogP contribution < -0.4 is 29.0 Å². The van der Waals surface area contributed by atoms with Gasteiger partial charge in [-0.05, 0) is 67.6 Å². The summed E-state index contributed by atoms with van der Waals surface area (Å²) in [6, 6.07) is 17.7. The molecule has 0 aromatic heterocycles. The zero-order valence-corrected chi connectivity index (χ0v) is 20.1. The summed E-state index contributed by atoms with van der Waals surface area (Å²) in [5.41, 5.74) is 0.844.